The Labute approximate surface area is 92.8 Å². The molecule has 0 unspecified atom stereocenters. The van der Waals surface area contributed by atoms with E-state index in [1.807, 2.05) is 0 Å². The molecule has 2 aliphatic heterocycles. The lowest BCUT2D eigenvalue weighted by atomic mass is 10.0. The van der Waals surface area contributed by atoms with E-state index in [0.29, 0.717) is 26.0 Å². The van der Waals surface area contributed by atoms with Gasteiger partial charge < -0.3 is 9.64 Å². The molecule has 2 fully saturated rings. The molecule has 0 N–H and O–H groups in total. The summed E-state index contributed by atoms with van der Waals surface area (Å²) in [7, 11) is 0. The first-order valence-corrected chi connectivity index (χ1v) is 5.43. The summed E-state index contributed by atoms with van der Waals surface area (Å²) in [6.45, 7) is 1.19. The Morgan fingerprint density at radius 3 is 2.81 bits per heavy atom. The molecule has 3 nitrogen and oxygen atoms in total. The summed E-state index contributed by atoms with van der Waals surface area (Å²) in [6.07, 6.45) is 1.18. The van der Waals surface area contributed by atoms with Gasteiger partial charge in [-0.15, -0.1) is 0 Å². The maximum absolute atomic E-state index is 12.9. The van der Waals surface area contributed by atoms with E-state index >= 15 is 0 Å². The van der Waals surface area contributed by atoms with E-state index in [-0.39, 0.29) is 11.7 Å². The Balaban J connectivity index is 2.04. The molecule has 1 aromatic rings. The fourth-order valence-electron chi connectivity index (χ4n) is 2.60. The van der Waals surface area contributed by atoms with Crippen LogP contribution >= 0.6 is 0 Å². The van der Waals surface area contributed by atoms with Crippen LogP contribution in [0.2, 0.25) is 0 Å². The summed E-state index contributed by atoms with van der Waals surface area (Å²) < 4.78 is 18.6. The lowest BCUT2D eigenvalue weighted by molar-refractivity contribution is -0.137. The SMILES string of the molecule is O=C1CC[C@@]2(c3ccc(F)cc3)OCCN12. The highest BCUT2D eigenvalue weighted by atomic mass is 19.1. The predicted molar refractivity (Wildman–Crippen MR) is 55.0 cm³/mol. The third-order valence-electron chi connectivity index (χ3n) is 3.37. The molecule has 2 aliphatic rings. The second-order valence-corrected chi connectivity index (χ2v) is 4.19. The molecule has 4 heteroatoms. The van der Waals surface area contributed by atoms with Crippen molar-refractivity contribution in [2.24, 2.45) is 0 Å². The number of ether oxygens (including phenoxy) is 1. The third-order valence-corrected chi connectivity index (χ3v) is 3.37. The number of carbonyl (C=O) groups is 1. The van der Waals surface area contributed by atoms with E-state index in [9.17, 15) is 9.18 Å². The van der Waals surface area contributed by atoms with E-state index < -0.39 is 5.72 Å². The zero-order valence-electron chi connectivity index (χ0n) is 8.78. The fourth-order valence-corrected chi connectivity index (χ4v) is 2.60. The van der Waals surface area contributed by atoms with Crippen molar-refractivity contribution in [1.82, 2.24) is 4.90 Å². The molecular formula is C12H12FNO2. The number of rotatable bonds is 1. The van der Waals surface area contributed by atoms with Gasteiger partial charge in [0.25, 0.3) is 0 Å². The van der Waals surface area contributed by atoms with Crippen molar-refractivity contribution in [2.75, 3.05) is 13.2 Å². The molecule has 2 saturated heterocycles. The van der Waals surface area contributed by atoms with Crippen molar-refractivity contribution in [3.63, 3.8) is 0 Å². The van der Waals surface area contributed by atoms with Crippen LogP contribution in [-0.2, 0) is 15.3 Å². The molecule has 0 aromatic heterocycles. The second kappa shape index (κ2) is 3.28. The molecule has 2 heterocycles. The number of hydrogen-bond donors (Lipinski definition) is 0. The molecule has 1 amide bonds. The highest BCUT2D eigenvalue weighted by Gasteiger charge is 2.50. The van der Waals surface area contributed by atoms with Crippen molar-refractivity contribution in [2.45, 2.75) is 18.6 Å². The first-order valence-electron chi connectivity index (χ1n) is 5.43. The highest BCUT2D eigenvalue weighted by molar-refractivity contribution is 5.80. The molecule has 0 aliphatic carbocycles. The lowest BCUT2D eigenvalue weighted by Crippen LogP contribution is -2.38. The van der Waals surface area contributed by atoms with Gasteiger partial charge in [-0.1, -0.05) is 12.1 Å². The minimum Gasteiger partial charge on any atom is -0.349 e. The van der Waals surface area contributed by atoms with Crippen LogP contribution < -0.4 is 0 Å². The van der Waals surface area contributed by atoms with Crippen LogP contribution in [0.25, 0.3) is 0 Å². The van der Waals surface area contributed by atoms with E-state index in [0.717, 1.165) is 5.56 Å². The van der Waals surface area contributed by atoms with Gasteiger partial charge in [0.2, 0.25) is 5.91 Å². The predicted octanol–water partition coefficient (Wildman–Crippen LogP) is 1.63. The number of carbonyl (C=O) groups excluding carboxylic acids is 1. The number of hydrogen-bond acceptors (Lipinski definition) is 2. The molecule has 0 bridgehead atoms. The lowest BCUT2D eigenvalue weighted by Gasteiger charge is -2.30. The number of fused-ring (bicyclic) bond motifs is 1. The monoisotopic (exact) mass is 221 g/mol. The average molecular weight is 221 g/mol. The van der Waals surface area contributed by atoms with Gasteiger partial charge in [0, 0.05) is 24.9 Å². The number of amides is 1. The van der Waals surface area contributed by atoms with E-state index in [1.54, 1.807) is 17.0 Å². The molecular weight excluding hydrogens is 209 g/mol. The van der Waals surface area contributed by atoms with Gasteiger partial charge in [-0.05, 0) is 12.1 Å². The minimum atomic E-state index is -0.620. The first kappa shape index (κ1) is 9.78. The van der Waals surface area contributed by atoms with Crippen molar-refractivity contribution in [3.05, 3.63) is 35.6 Å². The summed E-state index contributed by atoms with van der Waals surface area (Å²) in [6, 6.07) is 6.22. The molecule has 84 valence electrons. The maximum atomic E-state index is 12.9. The van der Waals surface area contributed by atoms with E-state index in [4.69, 9.17) is 4.74 Å². The largest absolute Gasteiger partial charge is 0.349 e. The van der Waals surface area contributed by atoms with Gasteiger partial charge in [0.15, 0.2) is 5.72 Å². The van der Waals surface area contributed by atoms with Crippen LogP contribution in [0.4, 0.5) is 4.39 Å². The summed E-state index contributed by atoms with van der Waals surface area (Å²) in [5, 5.41) is 0. The topological polar surface area (TPSA) is 29.5 Å². The van der Waals surface area contributed by atoms with Gasteiger partial charge in [-0.2, -0.15) is 0 Å². The molecule has 1 atom stereocenters. The molecule has 16 heavy (non-hydrogen) atoms. The normalized spacial score (nSPS) is 28.6. The van der Waals surface area contributed by atoms with Crippen molar-refractivity contribution >= 4 is 5.91 Å². The van der Waals surface area contributed by atoms with Crippen LogP contribution in [0.15, 0.2) is 24.3 Å². The average Bonchev–Trinajstić information content (AvgIpc) is 2.82. The Morgan fingerprint density at radius 1 is 1.31 bits per heavy atom. The van der Waals surface area contributed by atoms with Crippen molar-refractivity contribution in [1.29, 1.82) is 0 Å². The van der Waals surface area contributed by atoms with E-state index in [1.165, 1.54) is 12.1 Å². The zero-order valence-corrected chi connectivity index (χ0v) is 8.78. The van der Waals surface area contributed by atoms with E-state index in [2.05, 4.69) is 0 Å². The van der Waals surface area contributed by atoms with Gasteiger partial charge >= 0.3 is 0 Å². The first-order chi connectivity index (χ1) is 7.72. The summed E-state index contributed by atoms with van der Waals surface area (Å²) in [5.41, 5.74) is 0.252. The Bertz CT molecular complexity index is 431. The number of halogens is 1. The second-order valence-electron chi connectivity index (χ2n) is 4.19. The Kier molecular flexibility index (Phi) is 2.01. The van der Waals surface area contributed by atoms with Gasteiger partial charge in [-0.25, -0.2) is 4.39 Å². The van der Waals surface area contributed by atoms with Gasteiger partial charge in [0.1, 0.15) is 5.82 Å². The smallest absolute Gasteiger partial charge is 0.225 e. The third kappa shape index (κ3) is 1.19. The molecule has 1 aromatic carbocycles. The van der Waals surface area contributed by atoms with Crippen molar-refractivity contribution in [3.8, 4) is 0 Å². The number of benzene rings is 1. The minimum absolute atomic E-state index is 0.127. The zero-order chi connectivity index (χ0) is 11.2. The Morgan fingerprint density at radius 2 is 2.06 bits per heavy atom. The highest BCUT2D eigenvalue weighted by Crippen LogP contribution is 2.43. The van der Waals surface area contributed by atoms with Crippen LogP contribution in [-0.4, -0.2) is 24.0 Å². The van der Waals surface area contributed by atoms with Gasteiger partial charge in [0.05, 0.1) is 6.61 Å². The standard InChI is InChI=1S/C12H12FNO2/c13-10-3-1-9(2-4-10)12-6-5-11(15)14(12)7-8-16-12/h1-4H,5-8H2/t12-/m0/s1. The Hall–Kier alpha value is -1.42. The maximum Gasteiger partial charge on any atom is 0.225 e. The molecule has 3 rings (SSSR count). The van der Waals surface area contributed by atoms with Crippen LogP contribution in [0, 0.1) is 5.82 Å². The molecule has 0 saturated carbocycles. The number of nitrogens with zero attached hydrogens (tertiary/aromatic N) is 1. The van der Waals surface area contributed by atoms with Crippen LogP contribution in [0.1, 0.15) is 18.4 Å². The van der Waals surface area contributed by atoms with Gasteiger partial charge in [-0.3, -0.25) is 4.79 Å². The summed E-state index contributed by atoms with van der Waals surface area (Å²) >= 11 is 0. The quantitative estimate of drug-likeness (QED) is 0.721. The molecule has 0 radical (unpaired) electrons. The summed E-state index contributed by atoms with van der Waals surface area (Å²) in [4.78, 5) is 13.4. The fraction of sp³-hybridized carbons (Fsp3) is 0.417. The molecule has 0 spiro atoms. The van der Waals surface area contributed by atoms with Crippen LogP contribution in [0.3, 0.4) is 0 Å². The summed E-state index contributed by atoms with van der Waals surface area (Å²) in [5.74, 6) is -0.143. The van der Waals surface area contributed by atoms with Crippen LogP contribution in [0.5, 0.6) is 0 Å². The van der Waals surface area contributed by atoms with Crippen molar-refractivity contribution < 1.29 is 13.9 Å².